The average molecular weight is 497 g/mol. The minimum absolute atomic E-state index is 0.0301. The van der Waals surface area contributed by atoms with Gasteiger partial charge in [0.1, 0.15) is 16.7 Å². The lowest BCUT2D eigenvalue weighted by Crippen LogP contribution is -2.39. The molecule has 1 saturated carbocycles. The number of hydrogen-bond donors (Lipinski definition) is 0. The van der Waals surface area contributed by atoms with Crippen molar-refractivity contribution in [3.63, 3.8) is 0 Å². The number of ether oxygens (including phenoxy) is 3. The number of carbonyl (C=O) groups excluding carboxylic acids is 3. The van der Waals surface area contributed by atoms with Gasteiger partial charge in [0, 0.05) is 0 Å². The topological polar surface area (TPSA) is 95.0 Å². The first-order valence-electron chi connectivity index (χ1n) is 12.1. The standard InChI is InChI=1S/C26H28N2O6S/c1-4-32-16-10-8-9-15(13-16)20-19-21(29)17-11-6-7-12-18(17)34-22(19)24(30)28(20)26-27-14(3)23(35-26)25(31)33-5-2/h8-10,13,17-18,20H,4-7,11-12H2,1-3H3. The molecule has 0 bridgehead atoms. The van der Waals surface area contributed by atoms with E-state index in [0.717, 1.165) is 42.6 Å². The summed E-state index contributed by atoms with van der Waals surface area (Å²) in [5.74, 6) is -0.414. The molecule has 0 N–H and O–H groups in total. The maximum atomic E-state index is 13.8. The minimum Gasteiger partial charge on any atom is -0.494 e. The monoisotopic (exact) mass is 496 g/mol. The number of hydrogen-bond acceptors (Lipinski definition) is 8. The Hall–Kier alpha value is -3.20. The zero-order chi connectivity index (χ0) is 24.7. The van der Waals surface area contributed by atoms with Gasteiger partial charge < -0.3 is 14.2 Å². The van der Waals surface area contributed by atoms with Gasteiger partial charge >= 0.3 is 5.97 Å². The molecule has 5 rings (SSSR count). The van der Waals surface area contributed by atoms with Crippen molar-refractivity contribution < 1.29 is 28.6 Å². The first-order chi connectivity index (χ1) is 16.9. The molecule has 0 spiro atoms. The van der Waals surface area contributed by atoms with E-state index in [1.165, 1.54) is 4.90 Å². The second-order valence-electron chi connectivity index (χ2n) is 8.87. The van der Waals surface area contributed by atoms with Gasteiger partial charge in [-0.2, -0.15) is 0 Å². The number of nitrogens with zero attached hydrogens (tertiary/aromatic N) is 2. The first-order valence-corrected chi connectivity index (χ1v) is 12.9. The Labute approximate surface area is 207 Å². The molecule has 3 unspecified atom stereocenters. The summed E-state index contributed by atoms with van der Waals surface area (Å²) in [6.07, 6.45) is 3.18. The highest BCUT2D eigenvalue weighted by Gasteiger charge is 2.53. The van der Waals surface area contributed by atoms with Gasteiger partial charge in [-0.15, -0.1) is 0 Å². The highest BCUT2D eigenvalue weighted by Crippen LogP contribution is 2.49. The van der Waals surface area contributed by atoms with Gasteiger partial charge in [0.15, 0.2) is 16.7 Å². The summed E-state index contributed by atoms with van der Waals surface area (Å²) in [6, 6.07) is 6.68. The van der Waals surface area contributed by atoms with Gasteiger partial charge in [-0.25, -0.2) is 9.78 Å². The number of thiazole rings is 1. The molecule has 35 heavy (non-hydrogen) atoms. The van der Waals surface area contributed by atoms with Crippen molar-refractivity contribution in [1.29, 1.82) is 0 Å². The molecule has 9 heteroatoms. The number of fused-ring (bicyclic) bond motifs is 1. The molecule has 3 heterocycles. The summed E-state index contributed by atoms with van der Waals surface area (Å²) >= 11 is 1.09. The third-order valence-electron chi connectivity index (χ3n) is 6.70. The molecule has 3 aliphatic rings. The van der Waals surface area contributed by atoms with Crippen LogP contribution in [0.2, 0.25) is 0 Å². The van der Waals surface area contributed by atoms with Crippen LogP contribution in [0.5, 0.6) is 5.75 Å². The van der Waals surface area contributed by atoms with E-state index in [9.17, 15) is 14.4 Å². The number of amides is 1. The lowest BCUT2D eigenvalue weighted by atomic mass is 9.77. The van der Waals surface area contributed by atoms with Crippen LogP contribution in [0.3, 0.4) is 0 Å². The third kappa shape index (κ3) is 4.01. The molecular weight excluding hydrogens is 468 g/mol. The molecular formula is C26H28N2O6S. The molecule has 184 valence electrons. The van der Waals surface area contributed by atoms with Gasteiger partial charge in [0.2, 0.25) is 0 Å². The van der Waals surface area contributed by atoms with Crippen molar-refractivity contribution in [3.8, 4) is 5.75 Å². The number of esters is 1. The summed E-state index contributed by atoms with van der Waals surface area (Å²) in [7, 11) is 0. The number of benzene rings is 1. The van der Waals surface area contributed by atoms with Crippen LogP contribution in [0.15, 0.2) is 35.6 Å². The van der Waals surface area contributed by atoms with E-state index in [4.69, 9.17) is 14.2 Å². The van der Waals surface area contributed by atoms with Crippen LogP contribution in [0, 0.1) is 12.8 Å². The Morgan fingerprint density at radius 1 is 1.20 bits per heavy atom. The fourth-order valence-corrected chi connectivity index (χ4v) is 6.16. The largest absolute Gasteiger partial charge is 0.494 e. The van der Waals surface area contributed by atoms with Gasteiger partial charge in [0.05, 0.1) is 36.4 Å². The Morgan fingerprint density at radius 3 is 2.77 bits per heavy atom. The normalized spacial score (nSPS) is 23.6. The summed E-state index contributed by atoms with van der Waals surface area (Å²) in [5.41, 5.74) is 1.58. The van der Waals surface area contributed by atoms with Crippen LogP contribution < -0.4 is 9.64 Å². The molecule has 2 aromatic rings. The van der Waals surface area contributed by atoms with Crippen molar-refractivity contribution in [2.24, 2.45) is 5.92 Å². The number of aryl methyl sites for hydroxylation is 1. The molecule has 8 nitrogen and oxygen atoms in total. The molecule has 2 aliphatic heterocycles. The summed E-state index contributed by atoms with van der Waals surface area (Å²) in [6.45, 7) is 6.07. The van der Waals surface area contributed by atoms with E-state index in [1.807, 2.05) is 31.2 Å². The Kier molecular flexibility index (Phi) is 6.35. The minimum atomic E-state index is -0.714. The highest BCUT2D eigenvalue weighted by molar-refractivity contribution is 7.17. The Morgan fingerprint density at radius 2 is 2.00 bits per heavy atom. The summed E-state index contributed by atoms with van der Waals surface area (Å²) in [5, 5.41) is 0.330. The van der Waals surface area contributed by atoms with Crippen molar-refractivity contribution >= 4 is 34.1 Å². The SMILES string of the molecule is CCOC(=O)c1sc(N2C(=O)C3=C(C(=O)C4CCCCC4O3)C2c2cccc(OCC)c2)nc1C. The average Bonchev–Trinajstić information content (AvgIpc) is 3.37. The van der Waals surface area contributed by atoms with E-state index >= 15 is 0 Å². The predicted molar refractivity (Wildman–Crippen MR) is 130 cm³/mol. The Balaban J connectivity index is 1.63. The quantitative estimate of drug-likeness (QED) is 0.543. The van der Waals surface area contributed by atoms with Crippen LogP contribution in [-0.4, -0.2) is 42.0 Å². The van der Waals surface area contributed by atoms with Gasteiger partial charge in [-0.1, -0.05) is 29.9 Å². The maximum absolute atomic E-state index is 13.8. The zero-order valence-electron chi connectivity index (χ0n) is 20.0. The second-order valence-corrected chi connectivity index (χ2v) is 9.85. The van der Waals surface area contributed by atoms with Gasteiger partial charge in [-0.3, -0.25) is 14.5 Å². The lowest BCUT2D eigenvalue weighted by molar-refractivity contribution is -0.131. The fourth-order valence-electron chi connectivity index (χ4n) is 5.17. The lowest BCUT2D eigenvalue weighted by Gasteiger charge is -2.35. The van der Waals surface area contributed by atoms with Crippen LogP contribution >= 0.6 is 11.3 Å². The smallest absolute Gasteiger partial charge is 0.350 e. The molecule has 3 atom stereocenters. The molecule has 0 saturated heterocycles. The fraction of sp³-hybridized carbons (Fsp3) is 0.462. The number of carbonyl (C=O) groups is 3. The van der Waals surface area contributed by atoms with Crippen molar-refractivity contribution in [2.45, 2.75) is 58.6 Å². The predicted octanol–water partition coefficient (Wildman–Crippen LogP) is 4.53. The number of ketones is 1. The van der Waals surface area contributed by atoms with Crippen LogP contribution in [0.25, 0.3) is 0 Å². The van der Waals surface area contributed by atoms with E-state index in [0.29, 0.717) is 33.6 Å². The first kappa shape index (κ1) is 23.5. The molecule has 1 amide bonds. The number of Topliss-reactive ketones (excluding diaryl/α,β-unsaturated/α-hetero) is 1. The van der Waals surface area contributed by atoms with E-state index in [1.54, 1.807) is 13.8 Å². The van der Waals surface area contributed by atoms with Crippen LogP contribution in [-0.2, 0) is 19.1 Å². The summed E-state index contributed by atoms with van der Waals surface area (Å²) < 4.78 is 17.1. The second kappa shape index (κ2) is 9.45. The number of anilines is 1. The zero-order valence-corrected chi connectivity index (χ0v) is 20.9. The van der Waals surface area contributed by atoms with E-state index in [-0.39, 0.29) is 30.2 Å². The van der Waals surface area contributed by atoms with Gasteiger partial charge in [-0.05, 0) is 57.7 Å². The van der Waals surface area contributed by atoms with Gasteiger partial charge in [0.25, 0.3) is 5.91 Å². The van der Waals surface area contributed by atoms with Crippen molar-refractivity contribution in [3.05, 3.63) is 51.7 Å². The maximum Gasteiger partial charge on any atom is 0.350 e. The van der Waals surface area contributed by atoms with E-state index in [2.05, 4.69) is 4.98 Å². The van der Waals surface area contributed by atoms with Crippen LogP contribution in [0.4, 0.5) is 5.13 Å². The molecule has 1 aromatic carbocycles. The molecule has 1 aromatic heterocycles. The number of aromatic nitrogens is 1. The Bertz CT molecular complexity index is 1220. The highest BCUT2D eigenvalue weighted by atomic mass is 32.1. The molecule has 0 radical (unpaired) electrons. The third-order valence-corrected chi connectivity index (χ3v) is 7.84. The van der Waals surface area contributed by atoms with E-state index < -0.39 is 17.9 Å². The molecule has 1 aliphatic carbocycles. The molecule has 1 fully saturated rings. The summed E-state index contributed by atoms with van der Waals surface area (Å²) in [4.78, 5) is 46.4. The number of rotatable bonds is 6. The van der Waals surface area contributed by atoms with Crippen LogP contribution in [0.1, 0.15) is 66.5 Å². The van der Waals surface area contributed by atoms with Crippen molar-refractivity contribution in [2.75, 3.05) is 18.1 Å². The van der Waals surface area contributed by atoms with Crippen molar-refractivity contribution in [1.82, 2.24) is 4.98 Å².